The summed E-state index contributed by atoms with van der Waals surface area (Å²) in [5.74, 6) is 3.57. The number of rotatable bonds is 3. The third-order valence-electron chi connectivity index (χ3n) is 10.1. The third-order valence-corrected chi connectivity index (χ3v) is 10.4. The lowest BCUT2D eigenvalue weighted by Crippen LogP contribution is -2.62. The van der Waals surface area contributed by atoms with Gasteiger partial charge in [0.2, 0.25) is 0 Å². The molecule has 3 N–H and O–H groups in total. The number of hydrogen-bond acceptors (Lipinski definition) is 4. The van der Waals surface area contributed by atoms with Crippen LogP contribution in [0.4, 0.5) is 0 Å². The second-order valence-electron chi connectivity index (χ2n) is 11.0. The van der Waals surface area contributed by atoms with Crippen molar-refractivity contribution < 1.29 is 15.3 Å². The molecule has 4 aliphatic rings. The Bertz CT molecular complexity index is 556. The molecule has 0 unspecified atom stereocenters. The summed E-state index contributed by atoms with van der Waals surface area (Å²) in [6.45, 7) is 7.07. The van der Waals surface area contributed by atoms with E-state index < -0.39 is 0 Å². The topological polar surface area (TPSA) is 60.7 Å². The van der Waals surface area contributed by atoms with Crippen LogP contribution in [0.25, 0.3) is 0 Å². The van der Waals surface area contributed by atoms with Gasteiger partial charge in [-0.25, -0.2) is 0 Å². The molecule has 11 atom stereocenters. The minimum absolute atomic E-state index is 0.0676. The molecule has 3 nitrogen and oxygen atoms in total. The van der Waals surface area contributed by atoms with Crippen LogP contribution in [0.5, 0.6) is 0 Å². The van der Waals surface area contributed by atoms with Crippen molar-refractivity contribution in [2.24, 2.45) is 46.3 Å². The number of hydrogen-bond donors (Lipinski definition) is 4. The highest BCUT2D eigenvalue weighted by molar-refractivity contribution is 7.80. The first-order valence-corrected chi connectivity index (χ1v) is 12.0. The SMILES string of the molecule is C[C@H](CCS)[C@H]1CC[C@H]2[C@@H]3[C@H](O)C[C@@H]4C[C@H](O)CC[C@]4(C)[C@H]3C[C@H](O)[C@]12C. The summed E-state index contributed by atoms with van der Waals surface area (Å²) in [6.07, 6.45) is 7.13. The molecule has 0 bridgehead atoms. The molecule has 156 valence electrons. The van der Waals surface area contributed by atoms with Gasteiger partial charge in [-0.05, 0) is 103 Å². The molecular formula is C23H40O3S. The van der Waals surface area contributed by atoms with Crippen molar-refractivity contribution in [3.05, 3.63) is 0 Å². The van der Waals surface area contributed by atoms with Crippen molar-refractivity contribution in [2.75, 3.05) is 5.75 Å². The maximum atomic E-state index is 11.5. The van der Waals surface area contributed by atoms with E-state index in [1.165, 1.54) is 6.42 Å². The van der Waals surface area contributed by atoms with Crippen LogP contribution in [0.3, 0.4) is 0 Å². The Hall–Kier alpha value is 0.230. The van der Waals surface area contributed by atoms with E-state index in [2.05, 4.69) is 33.4 Å². The second kappa shape index (κ2) is 7.18. The number of aliphatic hydroxyl groups is 3. The summed E-state index contributed by atoms with van der Waals surface area (Å²) >= 11 is 4.46. The van der Waals surface area contributed by atoms with E-state index in [0.717, 1.165) is 50.7 Å². The summed E-state index contributed by atoms with van der Waals surface area (Å²) < 4.78 is 0. The van der Waals surface area contributed by atoms with E-state index in [9.17, 15) is 15.3 Å². The monoisotopic (exact) mass is 396 g/mol. The Balaban J connectivity index is 1.66. The lowest BCUT2D eigenvalue weighted by atomic mass is 9.43. The lowest BCUT2D eigenvalue weighted by Gasteiger charge is -2.63. The van der Waals surface area contributed by atoms with Crippen LogP contribution < -0.4 is 0 Å². The highest BCUT2D eigenvalue weighted by Crippen LogP contribution is 2.68. The summed E-state index contributed by atoms with van der Waals surface area (Å²) in [4.78, 5) is 0. The maximum absolute atomic E-state index is 11.5. The van der Waals surface area contributed by atoms with Crippen LogP contribution in [0, 0.1) is 46.3 Å². The Labute approximate surface area is 170 Å². The van der Waals surface area contributed by atoms with E-state index in [1.807, 2.05) is 0 Å². The van der Waals surface area contributed by atoms with Gasteiger partial charge in [0.25, 0.3) is 0 Å². The molecule has 27 heavy (non-hydrogen) atoms. The van der Waals surface area contributed by atoms with Gasteiger partial charge >= 0.3 is 0 Å². The number of aliphatic hydroxyl groups excluding tert-OH is 3. The Morgan fingerprint density at radius 1 is 1.00 bits per heavy atom. The molecule has 0 amide bonds. The van der Waals surface area contributed by atoms with Gasteiger partial charge in [-0.2, -0.15) is 12.6 Å². The van der Waals surface area contributed by atoms with Crippen LogP contribution in [0.15, 0.2) is 0 Å². The standard InChI is InChI=1S/C23H40O3S/c1-13(7-9-27)16-4-5-17-21-18(12-20(26)23(16,17)3)22(2)8-6-15(24)10-14(22)11-19(21)25/h13-21,24-27H,4-12H2,1-3H3/t13-,14+,15-,16-,17+,18+,19-,20+,21+,22+,23-/m1/s1. The fourth-order valence-electron chi connectivity index (χ4n) is 8.54. The summed E-state index contributed by atoms with van der Waals surface area (Å²) in [7, 11) is 0. The number of fused-ring (bicyclic) bond motifs is 5. The van der Waals surface area contributed by atoms with Gasteiger partial charge in [-0.1, -0.05) is 20.8 Å². The molecule has 0 aromatic rings. The minimum Gasteiger partial charge on any atom is -0.393 e. The first kappa shape index (κ1) is 20.5. The van der Waals surface area contributed by atoms with Crippen molar-refractivity contribution in [2.45, 2.75) is 90.4 Å². The van der Waals surface area contributed by atoms with E-state index in [4.69, 9.17) is 0 Å². The van der Waals surface area contributed by atoms with E-state index in [1.54, 1.807) is 0 Å². The molecule has 0 saturated heterocycles. The molecule has 4 fully saturated rings. The largest absolute Gasteiger partial charge is 0.393 e. The molecule has 4 heteroatoms. The summed E-state index contributed by atoms with van der Waals surface area (Å²) in [5, 5.41) is 32.9. The van der Waals surface area contributed by atoms with Gasteiger partial charge in [0.05, 0.1) is 18.3 Å². The first-order chi connectivity index (χ1) is 12.7. The van der Waals surface area contributed by atoms with E-state index in [0.29, 0.717) is 35.5 Å². The van der Waals surface area contributed by atoms with Crippen molar-refractivity contribution in [3.8, 4) is 0 Å². The smallest absolute Gasteiger partial charge is 0.0602 e. The molecule has 0 aromatic carbocycles. The van der Waals surface area contributed by atoms with Gasteiger partial charge in [-0.15, -0.1) is 0 Å². The van der Waals surface area contributed by atoms with Crippen LogP contribution in [-0.4, -0.2) is 39.4 Å². The zero-order chi connectivity index (χ0) is 19.6. The second-order valence-corrected chi connectivity index (χ2v) is 11.5. The molecule has 0 heterocycles. The van der Waals surface area contributed by atoms with Gasteiger partial charge in [0, 0.05) is 0 Å². The summed E-state index contributed by atoms with van der Waals surface area (Å²) in [5.41, 5.74) is 0.0993. The van der Waals surface area contributed by atoms with Gasteiger partial charge < -0.3 is 15.3 Å². The average molecular weight is 397 g/mol. The van der Waals surface area contributed by atoms with Crippen molar-refractivity contribution in [3.63, 3.8) is 0 Å². The quantitative estimate of drug-likeness (QED) is 0.547. The van der Waals surface area contributed by atoms with Crippen molar-refractivity contribution in [1.29, 1.82) is 0 Å². The third kappa shape index (κ3) is 2.95. The van der Waals surface area contributed by atoms with Crippen LogP contribution in [0.2, 0.25) is 0 Å². The molecule has 0 spiro atoms. The predicted octanol–water partition coefficient (Wildman–Crippen LogP) is 3.90. The first-order valence-electron chi connectivity index (χ1n) is 11.4. The Morgan fingerprint density at radius 3 is 2.44 bits per heavy atom. The molecular weight excluding hydrogens is 356 g/mol. The summed E-state index contributed by atoms with van der Waals surface area (Å²) in [6, 6.07) is 0. The van der Waals surface area contributed by atoms with E-state index >= 15 is 0 Å². The van der Waals surface area contributed by atoms with Gasteiger partial charge in [0.1, 0.15) is 0 Å². The normalized spacial score (nSPS) is 56.1. The molecule has 0 aromatic heterocycles. The predicted molar refractivity (Wildman–Crippen MR) is 112 cm³/mol. The Kier molecular flexibility index (Phi) is 5.45. The van der Waals surface area contributed by atoms with Gasteiger partial charge in [0.15, 0.2) is 0 Å². The van der Waals surface area contributed by atoms with Gasteiger partial charge in [-0.3, -0.25) is 0 Å². The molecule has 4 rings (SSSR count). The van der Waals surface area contributed by atoms with Crippen LogP contribution in [-0.2, 0) is 0 Å². The molecule has 4 saturated carbocycles. The Morgan fingerprint density at radius 2 is 1.74 bits per heavy atom. The molecule has 4 aliphatic carbocycles. The highest BCUT2D eigenvalue weighted by Gasteiger charge is 2.65. The van der Waals surface area contributed by atoms with Crippen LogP contribution in [0.1, 0.15) is 72.1 Å². The fraction of sp³-hybridized carbons (Fsp3) is 1.00. The maximum Gasteiger partial charge on any atom is 0.0602 e. The fourth-order valence-corrected chi connectivity index (χ4v) is 8.94. The lowest BCUT2D eigenvalue weighted by molar-refractivity contribution is -0.206. The number of thiol groups is 1. The molecule has 0 radical (unpaired) electrons. The van der Waals surface area contributed by atoms with E-state index in [-0.39, 0.29) is 29.1 Å². The van der Waals surface area contributed by atoms with Crippen LogP contribution >= 0.6 is 12.6 Å². The minimum atomic E-state index is -0.270. The zero-order valence-electron chi connectivity index (χ0n) is 17.3. The molecule has 0 aliphatic heterocycles. The average Bonchev–Trinajstić information content (AvgIpc) is 2.96. The highest BCUT2D eigenvalue weighted by atomic mass is 32.1. The van der Waals surface area contributed by atoms with Crippen molar-refractivity contribution >= 4 is 12.6 Å². The zero-order valence-corrected chi connectivity index (χ0v) is 18.2. The van der Waals surface area contributed by atoms with Crippen molar-refractivity contribution in [1.82, 2.24) is 0 Å².